The second-order valence-corrected chi connectivity index (χ2v) is 3.25. The van der Waals surface area contributed by atoms with Crippen LogP contribution in [0.15, 0.2) is 54.7 Å². The molecule has 1 aromatic carbocycles. The van der Waals surface area contributed by atoms with Gasteiger partial charge in [0.2, 0.25) is 5.88 Å². The Balaban J connectivity index is 2.09. The van der Waals surface area contributed by atoms with Crippen LogP contribution < -0.4 is 4.74 Å². The van der Waals surface area contributed by atoms with E-state index in [-0.39, 0.29) is 5.88 Å². The van der Waals surface area contributed by atoms with Gasteiger partial charge in [0.05, 0.1) is 0 Å². The molecule has 0 aliphatic carbocycles. The van der Waals surface area contributed by atoms with Crippen LogP contribution in [-0.2, 0) is 4.79 Å². The van der Waals surface area contributed by atoms with Gasteiger partial charge in [0.1, 0.15) is 0 Å². The summed E-state index contributed by atoms with van der Waals surface area (Å²) in [5, 5.41) is 0. The van der Waals surface area contributed by atoms with Gasteiger partial charge in [0, 0.05) is 17.8 Å². The van der Waals surface area contributed by atoms with Gasteiger partial charge >= 0.3 is 5.97 Å². The predicted octanol–water partition coefficient (Wildman–Crippen LogP) is 1.87. The van der Waals surface area contributed by atoms with E-state index >= 15 is 0 Å². The van der Waals surface area contributed by atoms with Crippen LogP contribution in [0.4, 0.5) is 0 Å². The SMILES string of the molecule is O=C(Oc1ccccn1)C(=O)c1ccccc1. The average Bonchev–Trinajstić information content (AvgIpc) is 2.40. The summed E-state index contributed by atoms with van der Waals surface area (Å²) in [7, 11) is 0. The molecule has 0 N–H and O–H groups in total. The third-order valence-corrected chi connectivity index (χ3v) is 2.06. The Morgan fingerprint density at radius 3 is 2.29 bits per heavy atom. The third kappa shape index (κ3) is 2.75. The number of nitrogens with zero attached hydrogens (tertiary/aromatic N) is 1. The van der Waals surface area contributed by atoms with E-state index in [2.05, 4.69) is 4.98 Å². The molecule has 0 radical (unpaired) electrons. The van der Waals surface area contributed by atoms with Crippen molar-refractivity contribution >= 4 is 11.8 Å². The van der Waals surface area contributed by atoms with E-state index in [1.165, 1.54) is 12.3 Å². The number of carbonyl (C=O) groups excluding carboxylic acids is 2. The Morgan fingerprint density at radius 1 is 0.941 bits per heavy atom. The molecule has 0 unspecified atom stereocenters. The molecule has 0 bridgehead atoms. The molecule has 2 aromatic rings. The number of hydrogen-bond donors (Lipinski definition) is 0. The lowest BCUT2D eigenvalue weighted by Gasteiger charge is -2.01. The third-order valence-electron chi connectivity index (χ3n) is 2.06. The molecule has 2 rings (SSSR count). The predicted molar refractivity (Wildman–Crippen MR) is 60.6 cm³/mol. The van der Waals surface area contributed by atoms with Gasteiger partial charge in [-0.2, -0.15) is 0 Å². The average molecular weight is 227 g/mol. The molecule has 0 spiro atoms. The lowest BCUT2D eigenvalue weighted by Crippen LogP contribution is -2.20. The summed E-state index contributed by atoms with van der Waals surface area (Å²) in [6.45, 7) is 0. The first-order valence-corrected chi connectivity index (χ1v) is 5.00. The van der Waals surface area contributed by atoms with Gasteiger partial charge < -0.3 is 4.74 Å². The van der Waals surface area contributed by atoms with E-state index in [1.807, 2.05) is 0 Å². The summed E-state index contributed by atoms with van der Waals surface area (Å²) in [5.41, 5.74) is 0.299. The van der Waals surface area contributed by atoms with Crippen molar-refractivity contribution in [1.29, 1.82) is 0 Å². The first-order chi connectivity index (χ1) is 8.27. The fourth-order valence-corrected chi connectivity index (χ4v) is 1.26. The van der Waals surface area contributed by atoms with Crippen molar-refractivity contribution in [3.8, 4) is 5.88 Å². The van der Waals surface area contributed by atoms with Crippen molar-refractivity contribution in [1.82, 2.24) is 4.98 Å². The Labute approximate surface area is 97.9 Å². The van der Waals surface area contributed by atoms with E-state index in [1.54, 1.807) is 42.5 Å². The molecular weight excluding hydrogens is 218 g/mol. The van der Waals surface area contributed by atoms with Crippen molar-refractivity contribution in [2.75, 3.05) is 0 Å². The topological polar surface area (TPSA) is 56.3 Å². The van der Waals surface area contributed by atoms with Crippen LogP contribution in [0.2, 0.25) is 0 Å². The van der Waals surface area contributed by atoms with Crippen LogP contribution in [-0.4, -0.2) is 16.7 Å². The van der Waals surface area contributed by atoms with Crippen molar-refractivity contribution in [2.24, 2.45) is 0 Å². The monoisotopic (exact) mass is 227 g/mol. The maximum Gasteiger partial charge on any atom is 0.386 e. The van der Waals surface area contributed by atoms with Crippen LogP contribution in [0, 0.1) is 0 Å². The van der Waals surface area contributed by atoms with Crippen molar-refractivity contribution in [3.63, 3.8) is 0 Å². The number of Topliss-reactive ketones (excluding diaryl/α,β-unsaturated/α-hetero) is 1. The van der Waals surface area contributed by atoms with E-state index in [4.69, 9.17) is 4.74 Å². The summed E-state index contributed by atoms with van der Waals surface area (Å²) in [5.74, 6) is -1.51. The summed E-state index contributed by atoms with van der Waals surface area (Å²) in [6, 6.07) is 13.1. The molecule has 4 nitrogen and oxygen atoms in total. The number of carbonyl (C=O) groups is 2. The molecule has 17 heavy (non-hydrogen) atoms. The van der Waals surface area contributed by atoms with E-state index in [0.29, 0.717) is 5.56 Å². The maximum atomic E-state index is 11.6. The number of ketones is 1. The minimum atomic E-state index is -0.935. The van der Waals surface area contributed by atoms with E-state index < -0.39 is 11.8 Å². The van der Waals surface area contributed by atoms with Gasteiger partial charge in [-0.15, -0.1) is 0 Å². The van der Waals surface area contributed by atoms with E-state index in [9.17, 15) is 9.59 Å². The Bertz CT molecular complexity index is 523. The van der Waals surface area contributed by atoms with Crippen molar-refractivity contribution < 1.29 is 14.3 Å². The second-order valence-electron chi connectivity index (χ2n) is 3.25. The molecule has 1 aromatic heterocycles. The smallest absolute Gasteiger partial charge is 0.386 e. The molecule has 0 saturated carbocycles. The Morgan fingerprint density at radius 2 is 1.65 bits per heavy atom. The highest BCUT2D eigenvalue weighted by Crippen LogP contribution is 2.06. The quantitative estimate of drug-likeness (QED) is 0.456. The summed E-state index contributed by atoms with van der Waals surface area (Å²) in [6.07, 6.45) is 1.48. The highest BCUT2D eigenvalue weighted by Gasteiger charge is 2.18. The summed E-state index contributed by atoms with van der Waals surface area (Å²) in [4.78, 5) is 26.9. The Hall–Kier alpha value is -2.49. The highest BCUT2D eigenvalue weighted by atomic mass is 16.5. The lowest BCUT2D eigenvalue weighted by molar-refractivity contribution is -0.129. The number of aromatic nitrogens is 1. The minimum absolute atomic E-state index is 0.113. The van der Waals surface area contributed by atoms with Crippen LogP contribution in [0.3, 0.4) is 0 Å². The van der Waals surface area contributed by atoms with Crippen LogP contribution in [0.25, 0.3) is 0 Å². The molecule has 4 heteroatoms. The zero-order valence-electron chi connectivity index (χ0n) is 8.87. The molecule has 0 atom stereocenters. The van der Waals surface area contributed by atoms with Gasteiger partial charge in [-0.25, -0.2) is 9.78 Å². The number of esters is 1. The lowest BCUT2D eigenvalue weighted by atomic mass is 10.1. The molecule has 1 heterocycles. The molecular formula is C13H9NO3. The first-order valence-electron chi connectivity index (χ1n) is 5.00. The fourth-order valence-electron chi connectivity index (χ4n) is 1.26. The number of ether oxygens (including phenoxy) is 1. The van der Waals surface area contributed by atoms with Crippen molar-refractivity contribution in [3.05, 3.63) is 60.3 Å². The zero-order valence-corrected chi connectivity index (χ0v) is 8.87. The van der Waals surface area contributed by atoms with Gasteiger partial charge in [0.15, 0.2) is 0 Å². The number of rotatable bonds is 3. The first kappa shape index (κ1) is 11.0. The van der Waals surface area contributed by atoms with Gasteiger partial charge in [-0.05, 0) is 6.07 Å². The van der Waals surface area contributed by atoms with Crippen LogP contribution in [0.1, 0.15) is 10.4 Å². The fraction of sp³-hybridized carbons (Fsp3) is 0. The molecule has 0 aliphatic heterocycles. The largest absolute Gasteiger partial charge is 0.401 e. The summed E-state index contributed by atoms with van der Waals surface area (Å²) >= 11 is 0. The highest BCUT2D eigenvalue weighted by molar-refractivity contribution is 6.41. The normalized spacial score (nSPS) is 9.65. The zero-order chi connectivity index (χ0) is 12.1. The maximum absolute atomic E-state index is 11.6. The molecule has 0 fully saturated rings. The van der Waals surface area contributed by atoms with Gasteiger partial charge in [0.25, 0.3) is 5.78 Å². The van der Waals surface area contributed by atoms with Gasteiger partial charge in [-0.1, -0.05) is 36.4 Å². The van der Waals surface area contributed by atoms with Crippen LogP contribution in [0.5, 0.6) is 5.88 Å². The molecule has 0 aliphatic rings. The Kier molecular flexibility index (Phi) is 3.25. The molecule has 0 amide bonds. The standard InChI is InChI=1S/C13H9NO3/c15-12(10-6-2-1-3-7-10)13(16)17-11-8-4-5-9-14-11/h1-9H. The van der Waals surface area contributed by atoms with Crippen LogP contribution >= 0.6 is 0 Å². The van der Waals surface area contributed by atoms with Crippen molar-refractivity contribution in [2.45, 2.75) is 0 Å². The second kappa shape index (κ2) is 5.03. The summed E-state index contributed by atoms with van der Waals surface area (Å²) < 4.78 is 4.83. The number of benzene rings is 1. The van der Waals surface area contributed by atoms with Gasteiger partial charge in [-0.3, -0.25) is 4.79 Å². The van der Waals surface area contributed by atoms with E-state index in [0.717, 1.165) is 0 Å². The number of pyridine rings is 1. The molecule has 0 saturated heterocycles. The molecule has 84 valence electrons. The minimum Gasteiger partial charge on any atom is -0.401 e. The number of hydrogen-bond acceptors (Lipinski definition) is 4.